The van der Waals surface area contributed by atoms with E-state index in [1.165, 1.54) is 31.3 Å². The minimum Gasteiger partial charge on any atom is -0.315 e. The molecule has 32 heavy (non-hydrogen) atoms. The largest absolute Gasteiger partial charge is 0.397 e. The van der Waals surface area contributed by atoms with Crippen LogP contribution >= 0.6 is 0 Å². The summed E-state index contributed by atoms with van der Waals surface area (Å²) in [5.41, 5.74) is 4.77. The Bertz CT molecular complexity index is 1160. The summed E-state index contributed by atoms with van der Waals surface area (Å²) >= 11 is 0. The molecular weight excluding hydrogens is 417 g/mol. The number of hydrogen-bond acceptors (Lipinski definition) is 2. The van der Waals surface area contributed by atoms with Crippen molar-refractivity contribution in [2.75, 3.05) is 16.8 Å². The smallest absolute Gasteiger partial charge is 0.315 e. The highest BCUT2D eigenvalue weighted by Gasteiger charge is 2.33. The number of fused-ring (bicyclic) bond motifs is 2. The lowest BCUT2D eigenvalue weighted by molar-refractivity contribution is -0.151. The molecule has 1 aliphatic heterocycles. The standard InChI is InChI=1S/C25H21F3N2O2/c1-29(23(31)15-25(26,27)28)21-12-10-17(11-13-21)24(32)30-16-20-8-3-2-6-18(20)14-19-7-4-5-9-22(19)30/h2-13H,14-16H2,1H3. The van der Waals surface area contributed by atoms with Crippen LogP contribution in [0.15, 0.2) is 72.8 Å². The van der Waals surface area contributed by atoms with Gasteiger partial charge in [-0.1, -0.05) is 42.5 Å². The number of amides is 2. The van der Waals surface area contributed by atoms with Gasteiger partial charge in [0.05, 0.1) is 6.54 Å². The van der Waals surface area contributed by atoms with Crippen LogP contribution < -0.4 is 9.80 Å². The van der Waals surface area contributed by atoms with Crippen molar-refractivity contribution < 1.29 is 22.8 Å². The first-order valence-corrected chi connectivity index (χ1v) is 10.1. The fourth-order valence-corrected chi connectivity index (χ4v) is 3.87. The third-order valence-corrected chi connectivity index (χ3v) is 5.58. The van der Waals surface area contributed by atoms with Gasteiger partial charge in [-0.25, -0.2) is 0 Å². The Kier molecular flexibility index (Phi) is 5.74. The Balaban J connectivity index is 1.61. The Hall–Kier alpha value is -3.61. The fourth-order valence-electron chi connectivity index (χ4n) is 3.87. The van der Waals surface area contributed by atoms with Crippen LogP contribution in [-0.4, -0.2) is 25.0 Å². The molecule has 0 saturated carbocycles. The maximum atomic E-state index is 13.4. The number of hydrogen-bond donors (Lipinski definition) is 0. The van der Waals surface area contributed by atoms with Gasteiger partial charge in [0, 0.05) is 24.0 Å². The van der Waals surface area contributed by atoms with Crippen molar-refractivity contribution in [3.63, 3.8) is 0 Å². The second-order valence-electron chi connectivity index (χ2n) is 7.76. The summed E-state index contributed by atoms with van der Waals surface area (Å²) in [4.78, 5) is 27.9. The van der Waals surface area contributed by atoms with Crippen molar-refractivity contribution in [2.24, 2.45) is 0 Å². The van der Waals surface area contributed by atoms with Gasteiger partial charge in [0.1, 0.15) is 6.42 Å². The number of nitrogens with zero attached hydrogens (tertiary/aromatic N) is 2. The summed E-state index contributed by atoms with van der Waals surface area (Å²) in [5.74, 6) is -1.28. The predicted octanol–water partition coefficient (Wildman–Crippen LogP) is 5.35. The summed E-state index contributed by atoms with van der Waals surface area (Å²) < 4.78 is 37.6. The van der Waals surface area contributed by atoms with Crippen LogP contribution in [0.1, 0.15) is 33.5 Å². The average Bonchev–Trinajstić information content (AvgIpc) is 2.94. The lowest BCUT2D eigenvalue weighted by Crippen LogP contribution is -2.31. The second-order valence-corrected chi connectivity index (χ2v) is 7.76. The molecule has 3 aromatic rings. The number of benzene rings is 3. The molecule has 0 aromatic heterocycles. The molecule has 7 heteroatoms. The van der Waals surface area contributed by atoms with Crippen LogP contribution in [0.2, 0.25) is 0 Å². The van der Waals surface area contributed by atoms with Crippen molar-refractivity contribution in [3.8, 4) is 0 Å². The summed E-state index contributed by atoms with van der Waals surface area (Å²) in [6.07, 6.45) is -5.38. The van der Waals surface area contributed by atoms with Gasteiger partial charge < -0.3 is 9.80 Å². The first-order chi connectivity index (χ1) is 15.2. The van der Waals surface area contributed by atoms with E-state index >= 15 is 0 Å². The van der Waals surface area contributed by atoms with Crippen LogP contribution in [0.25, 0.3) is 0 Å². The van der Waals surface area contributed by atoms with Gasteiger partial charge in [0.15, 0.2) is 0 Å². The summed E-state index contributed by atoms with van der Waals surface area (Å²) in [5, 5.41) is 0. The van der Waals surface area contributed by atoms with Crippen LogP contribution in [0.3, 0.4) is 0 Å². The molecule has 0 unspecified atom stereocenters. The first-order valence-electron chi connectivity index (χ1n) is 10.1. The quantitative estimate of drug-likeness (QED) is 0.553. The molecule has 0 spiro atoms. The normalized spacial score (nSPS) is 13.1. The zero-order chi connectivity index (χ0) is 22.9. The summed E-state index contributed by atoms with van der Waals surface area (Å²) in [7, 11) is 1.28. The zero-order valence-electron chi connectivity index (χ0n) is 17.4. The van der Waals surface area contributed by atoms with E-state index < -0.39 is 18.5 Å². The molecule has 4 rings (SSSR count). The molecular formula is C25H21F3N2O2. The minimum absolute atomic E-state index is 0.218. The van der Waals surface area contributed by atoms with E-state index in [0.717, 1.165) is 33.7 Å². The van der Waals surface area contributed by atoms with Crippen LogP contribution in [0.4, 0.5) is 24.5 Å². The predicted molar refractivity (Wildman–Crippen MR) is 117 cm³/mol. The molecule has 1 heterocycles. The minimum atomic E-state index is -4.57. The van der Waals surface area contributed by atoms with Crippen molar-refractivity contribution in [1.82, 2.24) is 0 Å². The molecule has 0 bridgehead atoms. The molecule has 0 radical (unpaired) electrons. The van der Waals surface area contributed by atoms with E-state index in [-0.39, 0.29) is 11.6 Å². The molecule has 0 N–H and O–H groups in total. The van der Waals surface area contributed by atoms with Crippen molar-refractivity contribution >= 4 is 23.2 Å². The fraction of sp³-hybridized carbons (Fsp3) is 0.200. The second kappa shape index (κ2) is 8.49. The van der Waals surface area contributed by atoms with Gasteiger partial charge in [-0.05, 0) is 53.4 Å². The lowest BCUT2D eigenvalue weighted by Gasteiger charge is -2.24. The Morgan fingerprint density at radius 3 is 2.12 bits per heavy atom. The van der Waals surface area contributed by atoms with E-state index in [1.807, 2.05) is 42.5 Å². The van der Waals surface area contributed by atoms with Gasteiger partial charge in [0.2, 0.25) is 5.91 Å². The van der Waals surface area contributed by atoms with Gasteiger partial charge in [0.25, 0.3) is 5.91 Å². The molecule has 4 nitrogen and oxygen atoms in total. The molecule has 0 fully saturated rings. The third-order valence-electron chi connectivity index (χ3n) is 5.58. The van der Waals surface area contributed by atoms with E-state index in [1.54, 1.807) is 4.90 Å². The summed E-state index contributed by atoms with van der Waals surface area (Å²) in [6, 6.07) is 21.8. The average molecular weight is 438 g/mol. The van der Waals surface area contributed by atoms with Gasteiger partial charge >= 0.3 is 6.18 Å². The van der Waals surface area contributed by atoms with Crippen LogP contribution in [0, 0.1) is 0 Å². The number of carbonyl (C=O) groups excluding carboxylic acids is 2. The van der Waals surface area contributed by atoms with Crippen LogP contribution in [-0.2, 0) is 17.8 Å². The number of halogens is 3. The van der Waals surface area contributed by atoms with E-state index in [4.69, 9.17) is 0 Å². The highest BCUT2D eigenvalue weighted by Crippen LogP contribution is 2.32. The molecule has 0 saturated heterocycles. The number of carbonyl (C=O) groups is 2. The zero-order valence-corrected chi connectivity index (χ0v) is 17.4. The molecule has 1 aliphatic rings. The molecule has 0 atom stereocenters. The number of para-hydroxylation sites is 1. The molecule has 164 valence electrons. The van der Waals surface area contributed by atoms with Gasteiger partial charge in [-0.2, -0.15) is 13.2 Å². The summed E-state index contributed by atoms with van der Waals surface area (Å²) in [6.45, 7) is 0.414. The number of anilines is 2. The third kappa shape index (κ3) is 4.51. The van der Waals surface area contributed by atoms with Gasteiger partial charge in [-0.3, -0.25) is 9.59 Å². The highest BCUT2D eigenvalue weighted by atomic mass is 19.4. The van der Waals surface area contributed by atoms with E-state index in [0.29, 0.717) is 12.1 Å². The van der Waals surface area contributed by atoms with Crippen molar-refractivity contribution in [3.05, 3.63) is 95.1 Å². The van der Waals surface area contributed by atoms with Crippen molar-refractivity contribution in [1.29, 1.82) is 0 Å². The highest BCUT2D eigenvalue weighted by molar-refractivity contribution is 6.07. The maximum Gasteiger partial charge on any atom is 0.397 e. The molecule has 3 aromatic carbocycles. The first kappa shape index (κ1) is 21.6. The van der Waals surface area contributed by atoms with E-state index in [2.05, 4.69) is 6.07 Å². The monoisotopic (exact) mass is 438 g/mol. The van der Waals surface area contributed by atoms with Crippen molar-refractivity contribution in [2.45, 2.75) is 25.6 Å². The Morgan fingerprint density at radius 2 is 1.47 bits per heavy atom. The lowest BCUT2D eigenvalue weighted by atomic mass is 10.0. The topological polar surface area (TPSA) is 40.6 Å². The van der Waals surface area contributed by atoms with Crippen LogP contribution in [0.5, 0.6) is 0 Å². The molecule has 0 aliphatic carbocycles. The Labute approximate surface area is 183 Å². The molecule has 2 amide bonds. The van der Waals surface area contributed by atoms with Gasteiger partial charge in [-0.15, -0.1) is 0 Å². The maximum absolute atomic E-state index is 13.4. The number of alkyl halides is 3. The Morgan fingerprint density at radius 1 is 0.875 bits per heavy atom. The SMILES string of the molecule is CN(C(=O)CC(F)(F)F)c1ccc(C(=O)N2Cc3ccccc3Cc3ccccc32)cc1. The van der Waals surface area contributed by atoms with E-state index in [9.17, 15) is 22.8 Å². The number of rotatable bonds is 3.